The highest BCUT2D eigenvalue weighted by Gasteiger charge is 2.47. The molecule has 0 radical (unpaired) electrons. The molecular weight excluding hydrogens is 435 g/mol. The summed E-state index contributed by atoms with van der Waals surface area (Å²) in [6.07, 6.45) is -0.374. The highest BCUT2D eigenvalue weighted by molar-refractivity contribution is 6.32. The van der Waals surface area contributed by atoms with Gasteiger partial charge < -0.3 is 4.90 Å². The largest absolute Gasteiger partial charge is 0.389 e. The van der Waals surface area contributed by atoms with Crippen LogP contribution in [0.25, 0.3) is 5.69 Å². The monoisotopic (exact) mass is 458 g/mol. The average molecular weight is 459 g/mol. The normalized spacial score (nSPS) is 21.5. The SMILES string of the molecule is CCN(C(=O)C[N+]1(C)CCC(CCC(F)(F)F)C1=O)c1cn(-c2cccnc2)nc1Cl. The van der Waals surface area contributed by atoms with Gasteiger partial charge >= 0.3 is 12.1 Å². The fourth-order valence-electron chi connectivity index (χ4n) is 3.89. The Kier molecular flexibility index (Phi) is 6.70. The predicted molar refractivity (Wildman–Crippen MR) is 109 cm³/mol. The van der Waals surface area contributed by atoms with Crippen molar-refractivity contribution in [2.45, 2.75) is 32.4 Å². The minimum atomic E-state index is -4.30. The number of anilines is 1. The van der Waals surface area contributed by atoms with Crippen molar-refractivity contribution in [3.05, 3.63) is 35.9 Å². The van der Waals surface area contributed by atoms with Crippen LogP contribution in [0.5, 0.6) is 0 Å². The van der Waals surface area contributed by atoms with Crippen molar-refractivity contribution in [2.75, 3.05) is 31.6 Å². The van der Waals surface area contributed by atoms with Crippen LogP contribution in [-0.4, -0.2) is 63.9 Å². The number of likely N-dealkylation sites (tertiary alicyclic amines) is 1. The van der Waals surface area contributed by atoms with Crippen LogP contribution in [0.2, 0.25) is 5.15 Å². The molecule has 1 fully saturated rings. The first-order chi connectivity index (χ1) is 14.5. The zero-order chi connectivity index (χ0) is 22.8. The number of hydrogen-bond acceptors (Lipinski definition) is 4. The summed E-state index contributed by atoms with van der Waals surface area (Å²) < 4.78 is 38.9. The number of quaternary nitrogens is 1. The number of nitrogens with zero attached hydrogens (tertiary/aromatic N) is 5. The Morgan fingerprint density at radius 1 is 1.42 bits per heavy atom. The van der Waals surface area contributed by atoms with Gasteiger partial charge in [0, 0.05) is 25.6 Å². The van der Waals surface area contributed by atoms with E-state index in [1.165, 1.54) is 9.58 Å². The number of carbonyl (C=O) groups is 2. The van der Waals surface area contributed by atoms with E-state index in [-0.39, 0.29) is 34.4 Å². The highest BCUT2D eigenvalue weighted by Crippen LogP contribution is 2.33. The molecule has 168 valence electrons. The molecule has 0 saturated carbocycles. The fraction of sp³-hybridized carbons (Fsp3) is 0.500. The Bertz CT molecular complexity index is 950. The van der Waals surface area contributed by atoms with Gasteiger partial charge in [-0.05, 0) is 25.5 Å². The van der Waals surface area contributed by atoms with Gasteiger partial charge in [-0.2, -0.15) is 18.3 Å². The lowest BCUT2D eigenvalue weighted by Crippen LogP contribution is -2.53. The molecule has 0 spiro atoms. The van der Waals surface area contributed by atoms with Gasteiger partial charge in [0.05, 0.1) is 37.6 Å². The summed E-state index contributed by atoms with van der Waals surface area (Å²) in [5, 5.41) is 4.35. The van der Waals surface area contributed by atoms with E-state index in [4.69, 9.17) is 11.6 Å². The second-order valence-corrected chi connectivity index (χ2v) is 8.21. The molecule has 3 rings (SSSR count). The Morgan fingerprint density at radius 3 is 2.77 bits per heavy atom. The standard InChI is InChI=1S/C20H24ClF3N5O2/c1-3-27(16-12-28(26-18(16)21)15-5-4-9-25-11-15)17(30)13-29(2)10-7-14(19(29)31)6-8-20(22,23)24/h4-5,9,11-12,14H,3,6-8,10,13H2,1-2H3/q+1. The summed E-state index contributed by atoms with van der Waals surface area (Å²) in [6.45, 7) is 2.24. The zero-order valence-corrected chi connectivity index (χ0v) is 18.0. The molecule has 1 saturated heterocycles. The molecule has 2 aromatic rings. The number of hydrogen-bond donors (Lipinski definition) is 0. The zero-order valence-electron chi connectivity index (χ0n) is 17.3. The van der Waals surface area contributed by atoms with Gasteiger partial charge in [0.15, 0.2) is 11.7 Å². The van der Waals surface area contributed by atoms with Crippen LogP contribution in [-0.2, 0) is 9.59 Å². The van der Waals surface area contributed by atoms with E-state index in [9.17, 15) is 22.8 Å². The number of alkyl halides is 3. The first-order valence-electron chi connectivity index (χ1n) is 9.95. The molecule has 3 heterocycles. The van der Waals surface area contributed by atoms with E-state index < -0.39 is 18.5 Å². The summed E-state index contributed by atoms with van der Waals surface area (Å²) >= 11 is 6.27. The number of pyridine rings is 1. The molecule has 1 aliphatic rings. The Balaban J connectivity index is 1.73. The molecule has 1 aliphatic heterocycles. The molecule has 7 nitrogen and oxygen atoms in total. The maximum Gasteiger partial charge on any atom is 0.389 e. The summed E-state index contributed by atoms with van der Waals surface area (Å²) in [4.78, 5) is 31.3. The summed E-state index contributed by atoms with van der Waals surface area (Å²) in [7, 11) is 1.60. The fourth-order valence-corrected chi connectivity index (χ4v) is 4.12. The van der Waals surface area contributed by atoms with Gasteiger partial charge in [0.1, 0.15) is 5.69 Å². The Hall–Kier alpha value is -2.46. The number of likely N-dealkylation sites (N-methyl/N-ethyl adjacent to an activating group) is 2. The summed E-state index contributed by atoms with van der Waals surface area (Å²) in [6, 6.07) is 3.53. The topological polar surface area (TPSA) is 68.1 Å². The first kappa shape index (κ1) is 23.2. The van der Waals surface area contributed by atoms with Crippen LogP contribution < -0.4 is 4.90 Å². The number of carbonyl (C=O) groups excluding carboxylic acids is 2. The molecule has 11 heteroatoms. The van der Waals surface area contributed by atoms with Crippen molar-refractivity contribution >= 4 is 29.1 Å². The van der Waals surface area contributed by atoms with Crippen LogP contribution >= 0.6 is 11.6 Å². The van der Waals surface area contributed by atoms with E-state index in [0.717, 1.165) is 0 Å². The molecular formula is C20H24ClF3N5O2+. The van der Waals surface area contributed by atoms with Gasteiger partial charge in [0.25, 0.3) is 5.91 Å². The number of amides is 2. The minimum absolute atomic E-state index is 0.123. The third-order valence-corrected chi connectivity index (χ3v) is 5.85. The molecule has 2 aromatic heterocycles. The third kappa shape index (κ3) is 5.24. The highest BCUT2D eigenvalue weighted by atomic mass is 35.5. The van der Waals surface area contributed by atoms with Crippen LogP contribution in [0.15, 0.2) is 30.7 Å². The second-order valence-electron chi connectivity index (χ2n) is 7.85. The smallest absolute Gasteiger partial charge is 0.304 e. The second kappa shape index (κ2) is 8.96. The number of rotatable bonds is 7. The lowest BCUT2D eigenvalue weighted by Gasteiger charge is -2.29. The van der Waals surface area contributed by atoms with E-state index >= 15 is 0 Å². The van der Waals surface area contributed by atoms with Crippen LogP contribution in [0.1, 0.15) is 26.2 Å². The van der Waals surface area contributed by atoms with Crippen molar-refractivity contribution < 1.29 is 27.2 Å². The summed E-state index contributed by atoms with van der Waals surface area (Å²) in [5.41, 5.74) is 1.06. The van der Waals surface area contributed by atoms with Gasteiger partial charge in [-0.1, -0.05) is 11.6 Å². The van der Waals surface area contributed by atoms with Crippen LogP contribution in [0.3, 0.4) is 0 Å². The number of halogens is 4. The first-order valence-corrected chi connectivity index (χ1v) is 10.3. The van der Waals surface area contributed by atoms with Crippen molar-refractivity contribution in [3.8, 4) is 5.69 Å². The molecule has 31 heavy (non-hydrogen) atoms. The van der Waals surface area contributed by atoms with E-state index in [0.29, 0.717) is 30.9 Å². The molecule has 0 bridgehead atoms. The minimum Gasteiger partial charge on any atom is -0.304 e. The van der Waals surface area contributed by atoms with E-state index in [1.807, 2.05) is 0 Å². The molecule has 2 unspecified atom stereocenters. The lowest BCUT2D eigenvalue weighted by atomic mass is 10.0. The molecule has 0 aromatic carbocycles. The van der Waals surface area contributed by atoms with E-state index in [1.54, 1.807) is 44.7 Å². The van der Waals surface area contributed by atoms with Gasteiger partial charge in [-0.25, -0.2) is 9.48 Å². The lowest BCUT2D eigenvalue weighted by molar-refractivity contribution is -0.818. The van der Waals surface area contributed by atoms with Gasteiger partial charge in [-0.15, -0.1) is 0 Å². The molecule has 0 aliphatic carbocycles. The quantitative estimate of drug-likeness (QED) is 0.594. The molecule has 0 N–H and O–H groups in total. The number of aromatic nitrogens is 3. The van der Waals surface area contributed by atoms with Gasteiger partial charge in [-0.3, -0.25) is 14.3 Å². The predicted octanol–water partition coefficient (Wildman–Crippen LogP) is 3.61. The molecule has 2 amide bonds. The average Bonchev–Trinajstić information content (AvgIpc) is 3.22. The summed E-state index contributed by atoms with van der Waals surface area (Å²) in [5.74, 6) is -1.36. The Labute approximate surface area is 183 Å². The third-order valence-electron chi connectivity index (χ3n) is 5.58. The van der Waals surface area contributed by atoms with E-state index in [2.05, 4.69) is 10.1 Å². The Morgan fingerprint density at radius 2 is 2.16 bits per heavy atom. The molecule has 2 atom stereocenters. The maximum atomic E-state index is 13.1. The van der Waals surface area contributed by atoms with Crippen molar-refractivity contribution in [1.82, 2.24) is 14.8 Å². The van der Waals surface area contributed by atoms with Crippen LogP contribution in [0, 0.1) is 5.92 Å². The van der Waals surface area contributed by atoms with Crippen LogP contribution in [0.4, 0.5) is 18.9 Å². The van der Waals surface area contributed by atoms with Crippen molar-refractivity contribution in [1.29, 1.82) is 0 Å². The van der Waals surface area contributed by atoms with Gasteiger partial charge in [0.2, 0.25) is 0 Å². The maximum absolute atomic E-state index is 13.1. The van der Waals surface area contributed by atoms with Crippen molar-refractivity contribution in [2.24, 2.45) is 5.92 Å². The van der Waals surface area contributed by atoms with Crippen molar-refractivity contribution in [3.63, 3.8) is 0 Å².